The minimum absolute atomic E-state index is 0.526. The van der Waals surface area contributed by atoms with Gasteiger partial charge in [-0.1, -0.05) is 71.9 Å². The van der Waals surface area contributed by atoms with Gasteiger partial charge in [0.25, 0.3) is 0 Å². The highest BCUT2D eigenvalue weighted by molar-refractivity contribution is 9.10. The van der Waals surface area contributed by atoms with Crippen LogP contribution in [0.5, 0.6) is 11.5 Å². The van der Waals surface area contributed by atoms with Gasteiger partial charge < -0.3 is 14.8 Å². The van der Waals surface area contributed by atoms with Gasteiger partial charge in [0.1, 0.15) is 6.61 Å². The van der Waals surface area contributed by atoms with E-state index in [1.54, 1.807) is 7.11 Å². The molecule has 0 saturated heterocycles. The van der Waals surface area contributed by atoms with E-state index in [9.17, 15) is 0 Å². The number of nitrogens with one attached hydrogen (secondary N) is 1. The standard InChI is InChI=1S/C22H30BrNO2/c1-4-5-6-7-13-24-15-19-20(23)11-12-21(25-3)22(19)26-16-18-10-8-9-17(2)14-18/h8-12,14,24H,4-7,13,15-16H2,1-3H3. The van der Waals surface area contributed by atoms with E-state index in [-0.39, 0.29) is 0 Å². The SMILES string of the molecule is CCCCCCNCc1c(Br)ccc(OC)c1OCc1cccc(C)c1. The van der Waals surface area contributed by atoms with E-state index in [0.717, 1.165) is 40.2 Å². The molecule has 0 aromatic heterocycles. The first-order chi connectivity index (χ1) is 12.7. The first kappa shape index (κ1) is 20.8. The van der Waals surface area contributed by atoms with Gasteiger partial charge in [-0.3, -0.25) is 0 Å². The number of unbranched alkanes of at least 4 members (excludes halogenated alkanes) is 3. The van der Waals surface area contributed by atoms with Crippen LogP contribution in [0.4, 0.5) is 0 Å². The van der Waals surface area contributed by atoms with Crippen molar-refractivity contribution < 1.29 is 9.47 Å². The fourth-order valence-corrected chi connectivity index (χ4v) is 3.37. The number of aryl methyl sites for hydroxylation is 1. The maximum absolute atomic E-state index is 6.18. The number of halogens is 1. The van der Waals surface area contributed by atoms with Crippen LogP contribution in [0.1, 0.15) is 49.3 Å². The number of hydrogen-bond acceptors (Lipinski definition) is 3. The highest BCUT2D eigenvalue weighted by Gasteiger charge is 2.14. The van der Waals surface area contributed by atoms with E-state index < -0.39 is 0 Å². The summed E-state index contributed by atoms with van der Waals surface area (Å²) < 4.78 is 12.8. The van der Waals surface area contributed by atoms with Gasteiger partial charge in [0.2, 0.25) is 0 Å². The Bertz CT molecular complexity index is 688. The Kier molecular flexibility index (Phi) is 8.99. The lowest BCUT2D eigenvalue weighted by atomic mass is 10.1. The Morgan fingerprint density at radius 1 is 1.08 bits per heavy atom. The third-order valence-electron chi connectivity index (χ3n) is 4.36. The minimum Gasteiger partial charge on any atom is -0.493 e. The zero-order chi connectivity index (χ0) is 18.8. The van der Waals surface area contributed by atoms with Gasteiger partial charge in [-0.2, -0.15) is 0 Å². The summed E-state index contributed by atoms with van der Waals surface area (Å²) in [5.74, 6) is 1.58. The second-order valence-electron chi connectivity index (χ2n) is 6.57. The van der Waals surface area contributed by atoms with Gasteiger partial charge in [-0.15, -0.1) is 0 Å². The molecule has 0 aliphatic rings. The molecule has 0 aliphatic heterocycles. The summed E-state index contributed by atoms with van der Waals surface area (Å²) in [4.78, 5) is 0. The predicted molar refractivity (Wildman–Crippen MR) is 112 cm³/mol. The fourth-order valence-electron chi connectivity index (χ4n) is 2.91. The molecule has 0 atom stereocenters. The number of hydrogen-bond donors (Lipinski definition) is 1. The summed E-state index contributed by atoms with van der Waals surface area (Å²) >= 11 is 3.67. The zero-order valence-electron chi connectivity index (χ0n) is 16.1. The summed E-state index contributed by atoms with van der Waals surface area (Å²) in [7, 11) is 1.69. The van der Waals surface area contributed by atoms with Crippen molar-refractivity contribution in [2.45, 2.75) is 52.7 Å². The lowest BCUT2D eigenvalue weighted by molar-refractivity contribution is 0.280. The van der Waals surface area contributed by atoms with Gasteiger partial charge in [-0.05, 0) is 37.6 Å². The zero-order valence-corrected chi connectivity index (χ0v) is 17.7. The first-order valence-electron chi connectivity index (χ1n) is 9.40. The molecule has 4 heteroatoms. The number of benzene rings is 2. The molecule has 2 aromatic rings. The molecule has 0 radical (unpaired) electrons. The van der Waals surface area contributed by atoms with Crippen molar-refractivity contribution in [1.82, 2.24) is 5.32 Å². The molecule has 0 saturated carbocycles. The maximum Gasteiger partial charge on any atom is 0.167 e. The molecule has 3 nitrogen and oxygen atoms in total. The normalized spacial score (nSPS) is 10.8. The average molecular weight is 420 g/mol. The first-order valence-corrected chi connectivity index (χ1v) is 10.2. The van der Waals surface area contributed by atoms with Crippen molar-refractivity contribution in [2.75, 3.05) is 13.7 Å². The second kappa shape index (κ2) is 11.2. The smallest absolute Gasteiger partial charge is 0.167 e. The minimum atomic E-state index is 0.526. The van der Waals surface area contributed by atoms with E-state index in [0.29, 0.717) is 6.61 Å². The summed E-state index contributed by atoms with van der Waals surface area (Å²) in [6.07, 6.45) is 5.04. The number of rotatable bonds is 11. The molecule has 2 aromatic carbocycles. The lowest BCUT2D eigenvalue weighted by Crippen LogP contribution is -2.16. The summed E-state index contributed by atoms with van der Waals surface area (Å²) in [5.41, 5.74) is 3.50. The van der Waals surface area contributed by atoms with Gasteiger partial charge >= 0.3 is 0 Å². The summed E-state index contributed by atoms with van der Waals surface area (Å²) in [6.45, 7) is 6.63. The molecule has 2 rings (SSSR count). The summed E-state index contributed by atoms with van der Waals surface area (Å²) in [5, 5.41) is 3.53. The van der Waals surface area contributed by atoms with Gasteiger partial charge in [0, 0.05) is 16.6 Å². The highest BCUT2D eigenvalue weighted by atomic mass is 79.9. The van der Waals surface area contributed by atoms with Crippen LogP contribution in [-0.4, -0.2) is 13.7 Å². The molecule has 0 fully saturated rings. The van der Waals surface area contributed by atoms with Crippen molar-refractivity contribution in [3.8, 4) is 11.5 Å². The molecule has 0 bridgehead atoms. The molecule has 142 valence electrons. The molecule has 0 unspecified atom stereocenters. The number of methoxy groups -OCH3 is 1. The molecule has 26 heavy (non-hydrogen) atoms. The van der Waals surface area contributed by atoms with Crippen LogP contribution in [0, 0.1) is 6.92 Å². The topological polar surface area (TPSA) is 30.5 Å². The van der Waals surface area contributed by atoms with Crippen molar-refractivity contribution >= 4 is 15.9 Å². The maximum atomic E-state index is 6.18. The Morgan fingerprint density at radius 3 is 2.65 bits per heavy atom. The van der Waals surface area contributed by atoms with E-state index in [2.05, 4.69) is 59.4 Å². The second-order valence-corrected chi connectivity index (χ2v) is 7.43. The van der Waals surface area contributed by atoms with Crippen molar-refractivity contribution in [3.63, 3.8) is 0 Å². The van der Waals surface area contributed by atoms with Crippen LogP contribution < -0.4 is 14.8 Å². The fraction of sp³-hybridized carbons (Fsp3) is 0.455. The molecule has 0 amide bonds. The third-order valence-corrected chi connectivity index (χ3v) is 5.10. The molecular weight excluding hydrogens is 390 g/mol. The molecule has 1 N–H and O–H groups in total. The van der Waals surface area contributed by atoms with Gasteiger partial charge in [0.15, 0.2) is 11.5 Å². The van der Waals surface area contributed by atoms with Crippen LogP contribution >= 0.6 is 15.9 Å². The Hall–Kier alpha value is -1.52. The average Bonchev–Trinajstić information content (AvgIpc) is 2.64. The van der Waals surface area contributed by atoms with Crippen LogP contribution in [-0.2, 0) is 13.2 Å². The van der Waals surface area contributed by atoms with Crippen LogP contribution in [0.2, 0.25) is 0 Å². The third kappa shape index (κ3) is 6.33. The molecule has 0 spiro atoms. The quantitative estimate of drug-likeness (QED) is 0.451. The van der Waals surface area contributed by atoms with Crippen LogP contribution in [0.25, 0.3) is 0 Å². The Balaban J connectivity index is 2.06. The van der Waals surface area contributed by atoms with E-state index in [1.165, 1.54) is 31.2 Å². The van der Waals surface area contributed by atoms with Gasteiger partial charge in [0.05, 0.1) is 7.11 Å². The predicted octanol–water partition coefficient (Wildman–Crippen LogP) is 6.02. The van der Waals surface area contributed by atoms with Crippen molar-refractivity contribution in [2.24, 2.45) is 0 Å². The van der Waals surface area contributed by atoms with Crippen molar-refractivity contribution in [1.29, 1.82) is 0 Å². The van der Waals surface area contributed by atoms with Crippen LogP contribution in [0.15, 0.2) is 40.9 Å². The Labute approximate surface area is 166 Å². The molecular formula is C22H30BrNO2. The monoisotopic (exact) mass is 419 g/mol. The van der Waals surface area contributed by atoms with Crippen molar-refractivity contribution in [3.05, 3.63) is 57.6 Å². The van der Waals surface area contributed by atoms with E-state index in [4.69, 9.17) is 9.47 Å². The lowest BCUT2D eigenvalue weighted by Gasteiger charge is -2.17. The van der Waals surface area contributed by atoms with E-state index in [1.807, 2.05) is 12.1 Å². The highest BCUT2D eigenvalue weighted by Crippen LogP contribution is 2.36. The number of ether oxygens (including phenoxy) is 2. The Morgan fingerprint density at radius 2 is 1.92 bits per heavy atom. The largest absolute Gasteiger partial charge is 0.493 e. The van der Waals surface area contributed by atoms with E-state index >= 15 is 0 Å². The van der Waals surface area contributed by atoms with Crippen LogP contribution in [0.3, 0.4) is 0 Å². The molecule has 0 aliphatic carbocycles. The molecule has 0 heterocycles. The summed E-state index contributed by atoms with van der Waals surface area (Å²) in [6, 6.07) is 12.4. The van der Waals surface area contributed by atoms with Gasteiger partial charge in [-0.25, -0.2) is 0 Å².